The molecule has 27 heavy (non-hydrogen) atoms. The Labute approximate surface area is 156 Å². The van der Waals surface area contributed by atoms with Gasteiger partial charge in [0.25, 0.3) is 0 Å². The Morgan fingerprint density at radius 1 is 1.22 bits per heavy atom. The molecule has 1 saturated heterocycles. The first-order valence-corrected chi connectivity index (χ1v) is 8.80. The molecule has 3 heterocycles. The minimum absolute atomic E-state index is 0.0820. The van der Waals surface area contributed by atoms with Crippen molar-refractivity contribution in [3.63, 3.8) is 0 Å². The van der Waals surface area contributed by atoms with E-state index in [0.717, 1.165) is 31.6 Å². The molecule has 1 fully saturated rings. The average Bonchev–Trinajstić information content (AvgIpc) is 3.12. The molecule has 1 unspecified atom stereocenters. The second kappa shape index (κ2) is 7.28. The number of hydrogen-bond donors (Lipinski definition) is 2. The van der Waals surface area contributed by atoms with E-state index in [9.17, 15) is 0 Å². The van der Waals surface area contributed by atoms with Gasteiger partial charge in [-0.05, 0) is 31.4 Å². The fraction of sp³-hybridized carbons (Fsp3) is 0.389. The number of ether oxygens (including phenoxy) is 3. The third-order valence-corrected chi connectivity index (χ3v) is 4.57. The van der Waals surface area contributed by atoms with E-state index in [4.69, 9.17) is 19.9 Å². The zero-order valence-corrected chi connectivity index (χ0v) is 15.3. The summed E-state index contributed by atoms with van der Waals surface area (Å²) >= 11 is 0. The van der Waals surface area contributed by atoms with Gasteiger partial charge in [-0.2, -0.15) is 9.97 Å². The highest BCUT2D eigenvalue weighted by Crippen LogP contribution is 2.34. The van der Waals surface area contributed by atoms with Crippen molar-refractivity contribution < 1.29 is 14.2 Å². The molecule has 3 N–H and O–H groups in total. The van der Waals surface area contributed by atoms with E-state index in [1.54, 1.807) is 26.6 Å². The largest absolute Gasteiger partial charge is 0.497 e. The molecule has 0 bridgehead atoms. The van der Waals surface area contributed by atoms with Crippen molar-refractivity contribution in [3.05, 3.63) is 24.5 Å². The van der Waals surface area contributed by atoms with Gasteiger partial charge >= 0.3 is 0 Å². The minimum atomic E-state index is -0.0820. The summed E-state index contributed by atoms with van der Waals surface area (Å²) in [5.41, 5.74) is 7.94. The van der Waals surface area contributed by atoms with Gasteiger partial charge in [0.1, 0.15) is 17.7 Å². The first-order valence-electron chi connectivity index (χ1n) is 8.80. The van der Waals surface area contributed by atoms with Crippen LogP contribution in [-0.4, -0.2) is 40.3 Å². The zero-order chi connectivity index (χ0) is 18.8. The summed E-state index contributed by atoms with van der Waals surface area (Å²) in [6.07, 6.45) is 4.75. The molecule has 1 aromatic carbocycles. The topological polar surface area (TPSA) is 109 Å². The van der Waals surface area contributed by atoms with Crippen molar-refractivity contribution in [1.29, 1.82) is 0 Å². The van der Waals surface area contributed by atoms with Crippen molar-refractivity contribution in [3.8, 4) is 11.5 Å². The van der Waals surface area contributed by atoms with Gasteiger partial charge < -0.3 is 25.3 Å². The maximum atomic E-state index is 5.96. The first kappa shape index (κ1) is 17.3. The van der Waals surface area contributed by atoms with Crippen LogP contribution in [-0.2, 0) is 4.74 Å². The normalized spacial score (nSPS) is 17.0. The number of nitrogen functional groups attached to an aromatic ring is 1. The van der Waals surface area contributed by atoms with Crippen molar-refractivity contribution >= 4 is 28.6 Å². The van der Waals surface area contributed by atoms with Crippen LogP contribution in [0.25, 0.3) is 11.2 Å². The van der Waals surface area contributed by atoms with E-state index in [1.165, 1.54) is 0 Å². The number of imidazole rings is 1. The Kier molecular flexibility index (Phi) is 4.68. The molecule has 1 aliphatic rings. The van der Waals surface area contributed by atoms with E-state index < -0.39 is 0 Å². The van der Waals surface area contributed by atoms with Gasteiger partial charge in [-0.1, -0.05) is 0 Å². The standard InChI is InChI=1S/C18H22N6O3/c1-25-11-6-7-12(13(9-11)26-2)21-16-15-17(23-18(19)22-16)24(10-20-15)14-5-3-4-8-27-14/h6-7,9-10,14H,3-5,8H2,1-2H3,(H3,19,21,22,23). The number of nitrogens with two attached hydrogens (primary N) is 1. The van der Waals surface area contributed by atoms with Gasteiger partial charge in [-0.3, -0.25) is 4.57 Å². The lowest BCUT2D eigenvalue weighted by molar-refractivity contribution is -0.0298. The summed E-state index contributed by atoms with van der Waals surface area (Å²) in [7, 11) is 3.20. The number of benzene rings is 1. The minimum Gasteiger partial charge on any atom is -0.497 e. The molecule has 0 spiro atoms. The number of aromatic nitrogens is 4. The quantitative estimate of drug-likeness (QED) is 0.705. The summed E-state index contributed by atoms with van der Waals surface area (Å²) < 4.78 is 18.5. The van der Waals surface area contributed by atoms with Crippen LogP contribution in [0.5, 0.6) is 11.5 Å². The Morgan fingerprint density at radius 3 is 2.85 bits per heavy atom. The van der Waals surface area contributed by atoms with Gasteiger partial charge in [0.05, 0.1) is 26.2 Å². The van der Waals surface area contributed by atoms with Crippen LogP contribution < -0.4 is 20.5 Å². The predicted molar refractivity (Wildman–Crippen MR) is 101 cm³/mol. The third kappa shape index (κ3) is 3.33. The van der Waals surface area contributed by atoms with E-state index in [2.05, 4.69) is 20.3 Å². The lowest BCUT2D eigenvalue weighted by Gasteiger charge is -2.23. The summed E-state index contributed by atoms with van der Waals surface area (Å²) in [6.45, 7) is 0.735. The van der Waals surface area contributed by atoms with Crippen LogP contribution in [0.2, 0.25) is 0 Å². The van der Waals surface area contributed by atoms with E-state index in [1.807, 2.05) is 16.7 Å². The molecular formula is C18H22N6O3. The number of rotatable bonds is 5. The average molecular weight is 370 g/mol. The number of nitrogens with one attached hydrogen (secondary N) is 1. The van der Waals surface area contributed by atoms with Crippen LogP contribution in [0.1, 0.15) is 25.5 Å². The van der Waals surface area contributed by atoms with Crippen molar-refractivity contribution in [2.45, 2.75) is 25.5 Å². The Morgan fingerprint density at radius 2 is 2.11 bits per heavy atom. The van der Waals surface area contributed by atoms with E-state index in [0.29, 0.717) is 28.5 Å². The van der Waals surface area contributed by atoms with Gasteiger partial charge in [0.15, 0.2) is 17.0 Å². The van der Waals surface area contributed by atoms with E-state index in [-0.39, 0.29) is 12.2 Å². The smallest absolute Gasteiger partial charge is 0.224 e. The molecule has 4 rings (SSSR count). The maximum absolute atomic E-state index is 5.96. The molecule has 0 amide bonds. The van der Waals surface area contributed by atoms with Crippen molar-refractivity contribution in [1.82, 2.24) is 19.5 Å². The number of anilines is 3. The SMILES string of the molecule is COc1ccc(Nc2nc(N)nc3c2ncn3C2CCCCO2)c(OC)c1. The molecule has 3 aromatic rings. The number of fused-ring (bicyclic) bond motifs is 1. The molecule has 0 radical (unpaired) electrons. The Balaban J connectivity index is 1.73. The highest BCUT2D eigenvalue weighted by atomic mass is 16.5. The molecule has 1 atom stereocenters. The van der Waals surface area contributed by atoms with Crippen molar-refractivity contribution in [2.24, 2.45) is 0 Å². The summed E-state index contributed by atoms with van der Waals surface area (Å²) in [5.74, 6) is 1.99. The van der Waals surface area contributed by atoms with Gasteiger partial charge in [-0.15, -0.1) is 0 Å². The number of methoxy groups -OCH3 is 2. The second-order valence-corrected chi connectivity index (χ2v) is 6.27. The highest BCUT2D eigenvalue weighted by Gasteiger charge is 2.21. The summed E-state index contributed by atoms with van der Waals surface area (Å²) in [5, 5.41) is 3.25. The summed E-state index contributed by atoms with van der Waals surface area (Å²) in [6, 6.07) is 5.47. The van der Waals surface area contributed by atoms with Crippen LogP contribution >= 0.6 is 0 Å². The molecule has 2 aromatic heterocycles. The lowest BCUT2D eigenvalue weighted by Crippen LogP contribution is -2.18. The fourth-order valence-corrected chi connectivity index (χ4v) is 3.20. The molecule has 0 aliphatic carbocycles. The van der Waals surface area contributed by atoms with Crippen LogP contribution in [0.15, 0.2) is 24.5 Å². The van der Waals surface area contributed by atoms with Crippen LogP contribution in [0, 0.1) is 0 Å². The van der Waals surface area contributed by atoms with Crippen molar-refractivity contribution in [2.75, 3.05) is 31.9 Å². The molecule has 142 valence electrons. The molecule has 9 nitrogen and oxygen atoms in total. The molecule has 0 saturated carbocycles. The Hall–Kier alpha value is -3.07. The third-order valence-electron chi connectivity index (χ3n) is 4.57. The number of hydrogen-bond acceptors (Lipinski definition) is 8. The fourth-order valence-electron chi connectivity index (χ4n) is 3.20. The zero-order valence-electron chi connectivity index (χ0n) is 15.3. The Bertz CT molecular complexity index is 952. The van der Waals surface area contributed by atoms with Crippen LogP contribution in [0.3, 0.4) is 0 Å². The molecular weight excluding hydrogens is 348 g/mol. The van der Waals surface area contributed by atoms with Gasteiger partial charge in [-0.25, -0.2) is 4.98 Å². The summed E-state index contributed by atoms with van der Waals surface area (Å²) in [4.78, 5) is 13.2. The molecule has 1 aliphatic heterocycles. The predicted octanol–water partition coefficient (Wildman–Crippen LogP) is 2.87. The lowest BCUT2D eigenvalue weighted by atomic mass is 10.2. The van der Waals surface area contributed by atoms with Crippen LogP contribution in [0.4, 0.5) is 17.5 Å². The first-order chi connectivity index (χ1) is 13.2. The monoisotopic (exact) mass is 370 g/mol. The van der Waals surface area contributed by atoms with E-state index >= 15 is 0 Å². The van der Waals surface area contributed by atoms with Gasteiger partial charge in [0, 0.05) is 12.7 Å². The second-order valence-electron chi connectivity index (χ2n) is 6.27. The maximum Gasteiger partial charge on any atom is 0.224 e. The number of nitrogens with zero attached hydrogens (tertiary/aromatic N) is 4. The highest BCUT2D eigenvalue weighted by molar-refractivity contribution is 5.87. The van der Waals surface area contributed by atoms with Gasteiger partial charge in [0.2, 0.25) is 5.95 Å². The molecule has 9 heteroatoms.